The van der Waals surface area contributed by atoms with Gasteiger partial charge in [0.1, 0.15) is 5.82 Å². The average Bonchev–Trinajstić information content (AvgIpc) is 2.85. The topological polar surface area (TPSA) is 21.3 Å². The number of rotatable bonds is 5. The van der Waals surface area contributed by atoms with Gasteiger partial charge in [0, 0.05) is 24.1 Å². The summed E-state index contributed by atoms with van der Waals surface area (Å²) in [6.45, 7) is 8.51. The van der Waals surface area contributed by atoms with Gasteiger partial charge in [-0.3, -0.25) is 0 Å². The molecule has 0 spiro atoms. The molecule has 0 bridgehead atoms. The van der Waals surface area contributed by atoms with Crippen molar-refractivity contribution >= 4 is 0 Å². The van der Waals surface area contributed by atoms with E-state index >= 15 is 0 Å². The van der Waals surface area contributed by atoms with Crippen molar-refractivity contribution < 1.29 is 9.13 Å². The molecule has 3 heteroatoms. The molecule has 1 aromatic rings. The summed E-state index contributed by atoms with van der Waals surface area (Å²) in [6, 6.07) is 3.77. The van der Waals surface area contributed by atoms with Crippen molar-refractivity contribution in [3.8, 4) is 0 Å². The molecule has 1 aromatic carbocycles. The molecule has 1 aliphatic heterocycles. The van der Waals surface area contributed by atoms with E-state index < -0.39 is 0 Å². The summed E-state index contributed by atoms with van der Waals surface area (Å²) >= 11 is 0. The molecule has 106 valence electrons. The number of benzene rings is 1. The van der Waals surface area contributed by atoms with Crippen molar-refractivity contribution in [2.75, 3.05) is 19.8 Å². The molecule has 1 aliphatic rings. The first-order valence-electron chi connectivity index (χ1n) is 7.21. The van der Waals surface area contributed by atoms with Crippen LogP contribution in [-0.2, 0) is 4.74 Å². The van der Waals surface area contributed by atoms with E-state index in [1.54, 1.807) is 6.07 Å². The Hall–Kier alpha value is -0.930. The summed E-state index contributed by atoms with van der Waals surface area (Å²) in [5, 5.41) is 3.51. The Labute approximate surface area is 115 Å². The van der Waals surface area contributed by atoms with Gasteiger partial charge in [0.15, 0.2) is 0 Å². The molecule has 2 nitrogen and oxygen atoms in total. The monoisotopic (exact) mass is 265 g/mol. The van der Waals surface area contributed by atoms with Crippen molar-refractivity contribution in [3.63, 3.8) is 0 Å². The first-order valence-corrected chi connectivity index (χ1v) is 7.21. The SMILES string of the molecule is CCCNC(c1c(C)cc(C)cc1F)C1CCOC1. The van der Waals surface area contributed by atoms with Crippen LogP contribution in [0.15, 0.2) is 12.1 Å². The molecule has 19 heavy (non-hydrogen) atoms. The Balaban J connectivity index is 2.31. The molecule has 1 fully saturated rings. The second-order valence-corrected chi connectivity index (χ2v) is 5.53. The molecule has 0 aliphatic carbocycles. The van der Waals surface area contributed by atoms with Crippen molar-refractivity contribution in [2.45, 2.75) is 39.7 Å². The van der Waals surface area contributed by atoms with Gasteiger partial charge in [0.05, 0.1) is 6.61 Å². The average molecular weight is 265 g/mol. The van der Waals surface area contributed by atoms with Crippen LogP contribution < -0.4 is 5.32 Å². The van der Waals surface area contributed by atoms with Gasteiger partial charge in [0.25, 0.3) is 0 Å². The number of aryl methyl sites for hydroxylation is 2. The largest absolute Gasteiger partial charge is 0.381 e. The van der Waals surface area contributed by atoms with E-state index in [1.165, 1.54) is 0 Å². The normalized spacial score (nSPS) is 20.7. The van der Waals surface area contributed by atoms with Gasteiger partial charge < -0.3 is 10.1 Å². The highest BCUT2D eigenvalue weighted by Gasteiger charge is 2.29. The Morgan fingerprint density at radius 1 is 1.42 bits per heavy atom. The standard InChI is InChI=1S/C16H24FNO/c1-4-6-18-16(13-5-7-19-10-13)15-12(3)8-11(2)9-14(15)17/h8-9,13,16,18H,4-7,10H2,1-3H3. The van der Waals surface area contributed by atoms with E-state index in [1.807, 2.05) is 13.8 Å². The molecular formula is C16H24FNO. The van der Waals surface area contributed by atoms with E-state index in [-0.39, 0.29) is 11.9 Å². The van der Waals surface area contributed by atoms with Crippen molar-refractivity contribution in [2.24, 2.45) is 5.92 Å². The van der Waals surface area contributed by atoms with E-state index in [2.05, 4.69) is 18.3 Å². The van der Waals surface area contributed by atoms with Crippen LogP contribution in [0.2, 0.25) is 0 Å². The molecule has 1 saturated heterocycles. The second-order valence-electron chi connectivity index (χ2n) is 5.53. The number of hydrogen-bond donors (Lipinski definition) is 1. The van der Waals surface area contributed by atoms with Crippen LogP contribution in [0, 0.1) is 25.6 Å². The van der Waals surface area contributed by atoms with Crippen LogP contribution in [0.25, 0.3) is 0 Å². The van der Waals surface area contributed by atoms with Crippen molar-refractivity contribution in [3.05, 3.63) is 34.6 Å². The zero-order valence-electron chi connectivity index (χ0n) is 12.1. The minimum absolute atomic E-state index is 0.0723. The van der Waals surface area contributed by atoms with Crippen molar-refractivity contribution in [1.29, 1.82) is 0 Å². The third-order valence-corrected chi connectivity index (χ3v) is 3.84. The quantitative estimate of drug-likeness (QED) is 0.879. The highest BCUT2D eigenvalue weighted by molar-refractivity contribution is 5.35. The fraction of sp³-hybridized carbons (Fsp3) is 0.625. The zero-order chi connectivity index (χ0) is 13.8. The smallest absolute Gasteiger partial charge is 0.128 e. The van der Waals surface area contributed by atoms with E-state index in [0.717, 1.165) is 49.3 Å². The number of halogens is 1. The minimum atomic E-state index is -0.0852. The van der Waals surface area contributed by atoms with Crippen LogP contribution in [-0.4, -0.2) is 19.8 Å². The summed E-state index contributed by atoms with van der Waals surface area (Å²) in [5.74, 6) is 0.292. The Morgan fingerprint density at radius 3 is 2.79 bits per heavy atom. The lowest BCUT2D eigenvalue weighted by Gasteiger charge is -2.26. The number of hydrogen-bond acceptors (Lipinski definition) is 2. The molecule has 2 atom stereocenters. The predicted molar refractivity (Wildman–Crippen MR) is 75.8 cm³/mol. The summed E-state index contributed by atoms with van der Waals surface area (Å²) in [4.78, 5) is 0. The molecule has 1 heterocycles. The third kappa shape index (κ3) is 3.34. The Kier molecular flexibility index (Phi) is 4.94. The van der Waals surface area contributed by atoms with E-state index in [4.69, 9.17) is 4.74 Å². The lowest BCUT2D eigenvalue weighted by atomic mass is 9.88. The third-order valence-electron chi connectivity index (χ3n) is 3.84. The van der Waals surface area contributed by atoms with Gasteiger partial charge >= 0.3 is 0 Å². The predicted octanol–water partition coefficient (Wildman–Crippen LogP) is 3.52. The fourth-order valence-corrected chi connectivity index (χ4v) is 2.94. The lowest BCUT2D eigenvalue weighted by molar-refractivity contribution is 0.176. The molecule has 1 N–H and O–H groups in total. The van der Waals surface area contributed by atoms with Crippen molar-refractivity contribution in [1.82, 2.24) is 5.32 Å². The van der Waals surface area contributed by atoms with Crippen LogP contribution in [0.4, 0.5) is 4.39 Å². The Bertz CT molecular complexity index is 404. The number of nitrogens with one attached hydrogen (secondary N) is 1. The summed E-state index contributed by atoms with van der Waals surface area (Å²) in [5.41, 5.74) is 2.85. The molecule has 0 radical (unpaired) electrons. The minimum Gasteiger partial charge on any atom is -0.381 e. The lowest BCUT2D eigenvalue weighted by Crippen LogP contribution is -2.31. The molecule has 2 unspecified atom stereocenters. The molecule has 2 rings (SSSR count). The second kappa shape index (κ2) is 6.49. The first-order chi connectivity index (χ1) is 9.13. The summed E-state index contributed by atoms with van der Waals surface area (Å²) < 4.78 is 19.8. The number of ether oxygens (including phenoxy) is 1. The zero-order valence-corrected chi connectivity index (χ0v) is 12.1. The van der Waals surface area contributed by atoms with E-state index in [9.17, 15) is 4.39 Å². The van der Waals surface area contributed by atoms with Crippen LogP contribution in [0.5, 0.6) is 0 Å². The van der Waals surface area contributed by atoms with Crippen LogP contribution in [0.3, 0.4) is 0 Å². The molecular weight excluding hydrogens is 241 g/mol. The molecule has 0 aromatic heterocycles. The van der Waals surface area contributed by atoms with Gasteiger partial charge in [0.2, 0.25) is 0 Å². The maximum atomic E-state index is 14.4. The molecule has 0 amide bonds. The maximum Gasteiger partial charge on any atom is 0.128 e. The van der Waals surface area contributed by atoms with Gasteiger partial charge in [-0.2, -0.15) is 0 Å². The summed E-state index contributed by atoms with van der Waals surface area (Å²) in [6.07, 6.45) is 2.06. The highest BCUT2D eigenvalue weighted by Crippen LogP contribution is 2.32. The highest BCUT2D eigenvalue weighted by atomic mass is 19.1. The van der Waals surface area contributed by atoms with Gasteiger partial charge in [-0.1, -0.05) is 13.0 Å². The van der Waals surface area contributed by atoms with Gasteiger partial charge in [-0.05, 0) is 50.4 Å². The first kappa shape index (κ1) is 14.5. The summed E-state index contributed by atoms with van der Waals surface area (Å²) in [7, 11) is 0. The molecule has 0 saturated carbocycles. The fourth-order valence-electron chi connectivity index (χ4n) is 2.94. The maximum absolute atomic E-state index is 14.4. The van der Waals surface area contributed by atoms with Crippen LogP contribution >= 0.6 is 0 Å². The van der Waals surface area contributed by atoms with E-state index in [0.29, 0.717) is 5.92 Å². The van der Waals surface area contributed by atoms with Gasteiger partial charge in [-0.25, -0.2) is 4.39 Å². The van der Waals surface area contributed by atoms with Crippen LogP contribution in [0.1, 0.15) is 42.5 Å². The Morgan fingerprint density at radius 2 is 2.21 bits per heavy atom. The van der Waals surface area contributed by atoms with Gasteiger partial charge in [-0.15, -0.1) is 0 Å².